The summed E-state index contributed by atoms with van der Waals surface area (Å²) in [5.41, 5.74) is 1.44. The van der Waals surface area contributed by atoms with Gasteiger partial charge in [-0.3, -0.25) is 14.5 Å². The second-order valence-corrected chi connectivity index (χ2v) is 9.31. The number of carbonyl (C=O) groups is 3. The van der Waals surface area contributed by atoms with Gasteiger partial charge < -0.3 is 15.5 Å². The Hall–Kier alpha value is -2.91. The van der Waals surface area contributed by atoms with Crippen molar-refractivity contribution in [2.45, 2.75) is 22.7 Å². The number of carboxylic acid groups (broad SMARTS) is 1. The average Bonchev–Trinajstić information content (AvgIpc) is 2.77. The number of β-lactam (4-membered cyclic amide) rings is 1. The molecule has 0 spiro atoms. The molecule has 7 nitrogen and oxygen atoms in total. The quantitative estimate of drug-likeness (QED) is 0.434. The van der Waals surface area contributed by atoms with Gasteiger partial charge in [0.15, 0.2) is 0 Å². The van der Waals surface area contributed by atoms with E-state index in [1.165, 1.54) is 40.6 Å². The van der Waals surface area contributed by atoms with Gasteiger partial charge in [-0.1, -0.05) is 30.3 Å². The summed E-state index contributed by atoms with van der Waals surface area (Å²) >= 11 is 2.99. The molecule has 2 aliphatic rings. The third-order valence-electron chi connectivity index (χ3n) is 5.02. The molecule has 2 atom stereocenters. The monoisotopic (exact) mass is 456 g/mol. The van der Waals surface area contributed by atoms with Crippen molar-refractivity contribution in [2.75, 3.05) is 11.5 Å². The molecular weight excluding hydrogens is 436 g/mol. The maximum Gasteiger partial charge on any atom is 0.352 e. The molecule has 0 radical (unpaired) electrons. The molecule has 9 heteroatoms. The molecule has 0 aliphatic carbocycles. The number of rotatable bonds is 7. The van der Waals surface area contributed by atoms with Crippen molar-refractivity contribution < 1.29 is 24.6 Å². The van der Waals surface area contributed by atoms with Crippen LogP contribution < -0.4 is 5.32 Å². The fourth-order valence-electron chi connectivity index (χ4n) is 3.51. The minimum atomic E-state index is -1.13. The van der Waals surface area contributed by atoms with Crippen molar-refractivity contribution in [3.8, 4) is 5.75 Å². The Kier molecular flexibility index (Phi) is 6.24. The summed E-state index contributed by atoms with van der Waals surface area (Å²) in [5.74, 6) is -0.780. The number of carboxylic acids is 1. The van der Waals surface area contributed by atoms with Crippen LogP contribution in [0.2, 0.25) is 0 Å². The van der Waals surface area contributed by atoms with Crippen LogP contribution in [0.1, 0.15) is 5.56 Å². The molecule has 2 amide bonds. The van der Waals surface area contributed by atoms with Gasteiger partial charge in [0.1, 0.15) is 22.9 Å². The Morgan fingerprint density at radius 2 is 1.84 bits per heavy atom. The minimum absolute atomic E-state index is 0.0289. The molecule has 160 valence electrons. The topological polar surface area (TPSA) is 107 Å². The van der Waals surface area contributed by atoms with Crippen molar-refractivity contribution >= 4 is 41.3 Å². The predicted molar refractivity (Wildman–Crippen MR) is 119 cm³/mol. The zero-order valence-electron chi connectivity index (χ0n) is 16.4. The van der Waals surface area contributed by atoms with Gasteiger partial charge in [-0.15, -0.1) is 23.5 Å². The molecule has 31 heavy (non-hydrogen) atoms. The summed E-state index contributed by atoms with van der Waals surface area (Å²) < 4.78 is 0. The molecule has 2 aromatic carbocycles. The first-order valence-corrected chi connectivity index (χ1v) is 11.6. The zero-order chi connectivity index (χ0) is 22.0. The van der Waals surface area contributed by atoms with Crippen molar-refractivity contribution in [1.29, 1.82) is 0 Å². The number of benzene rings is 2. The van der Waals surface area contributed by atoms with Crippen molar-refractivity contribution in [2.24, 2.45) is 0 Å². The number of hydrogen-bond donors (Lipinski definition) is 3. The number of thioether (sulfide) groups is 2. The first kappa shape index (κ1) is 21.3. The maximum atomic E-state index is 12.7. The second kappa shape index (κ2) is 9.07. The van der Waals surface area contributed by atoms with E-state index in [9.17, 15) is 24.6 Å². The van der Waals surface area contributed by atoms with Crippen LogP contribution in [-0.4, -0.2) is 55.8 Å². The smallest absolute Gasteiger partial charge is 0.352 e. The van der Waals surface area contributed by atoms with Gasteiger partial charge >= 0.3 is 5.97 Å². The Labute approximate surface area is 187 Å². The second-order valence-electron chi connectivity index (χ2n) is 7.16. The van der Waals surface area contributed by atoms with Gasteiger partial charge in [0.2, 0.25) is 5.91 Å². The first-order chi connectivity index (χ1) is 14.9. The SMILES string of the molecule is O=C(Cc1ccc(O)cc1)N[C@@H]1C(=O)N2C(C(=O)O)=C(CSc3ccccc3)CSC12. The van der Waals surface area contributed by atoms with Gasteiger partial charge in [0, 0.05) is 16.4 Å². The van der Waals surface area contributed by atoms with Gasteiger partial charge in [0.25, 0.3) is 5.91 Å². The number of aromatic hydroxyl groups is 1. The molecule has 2 aromatic rings. The largest absolute Gasteiger partial charge is 0.508 e. The van der Waals surface area contributed by atoms with E-state index in [0.717, 1.165) is 4.90 Å². The van der Waals surface area contributed by atoms with Crippen LogP contribution in [0.4, 0.5) is 0 Å². The Bertz CT molecular complexity index is 1040. The molecule has 1 saturated heterocycles. The van der Waals surface area contributed by atoms with E-state index in [1.54, 1.807) is 12.1 Å². The minimum Gasteiger partial charge on any atom is -0.508 e. The Morgan fingerprint density at radius 3 is 2.52 bits per heavy atom. The van der Waals surface area contributed by atoms with E-state index in [0.29, 0.717) is 22.6 Å². The van der Waals surface area contributed by atoms with E-state index in [2.05, 4.69) is 5.32 Å². The van der Waals surface area contributed by atoms with Gasteiger partial charge in [-0.05, 0) is 35.4 Å². The van der Waals surface area contributed by atoms with Crippen LogP contribution in [0.25, 0.3) is 0 Å². The summed E-state index contributed by atoms with van der Waals surface area (Å²) in [6.45, 7) is 0. The van der Waals surface area contributed by atoms with Crippen LogP contribution in [0.3, 0.4) is 0 Å². The lowest BCUT2D eigenvalue weighted by atomic mass is 10.0. The summed E-state index contributed by atoms with van der Waals surface area (Å²) in [6.07, 6.45) is 0.0715. The number of amides is 2. The third-order valence-corrected chi connectivity index (χ3v) is 7.46. The summed E-state index contributed by atoms with van der Waals surface area (Å²) in [7, 11) is 0. The highest BCUT2D eigenvalue weighted by atomic mass is 32.2. The Balaban J connectivity index is 1.42. The number of carbonyl (C=O) groups excluding carboxylic acids is 2. The molecule has 0 bridgehead atoms. The van der Waals surface area contributed by atoms with Gasteiger partial charge in [-0.2, -0.15) is 0 Å². The number of phenols is 1. The maximum absolute atomic E-state index is 12.7. The molecule has 4 rings (SSSR count). The summed E-state index contributed by atoms with van der Waals surface area (Å²) in [6, 6.07) is 15.2. The highest BCUT2D eigenvalue weighted by molar-refractivity contribution is 8.01. The summed E-state index contributed by atoms with van der Waals surface area (Å²) in [5, 5.41) is 21.4. The van der Waals surface area contributed by atoms with Gasteiger partial charge in [-0.25, -0.2) is 4.79 Å². The van der Waals surface area contributed by atoms with E-state index in [-0.39, 0.29) is 23.8 Å². The Morgan fingerprint density at radius 1 is 1.13 bits per heavy atom. The van der Waals surface area contributed by atoms with E-state index >= 15 is 0 Å². The molecule has 1 fully saturated rings. The number of phenolic OH excluding ortho intramolecular Hbond substituents is 1. The van der Waals surface area contributed by atoms with E-state index in [1.807, 2.05) is 30.3 Å². The average molecular weight is 457 g/mol. The normalized spacial score (nSPS) is 20.1. The highest BCUT2D eigenvalue weighted by Crippen LogP contribution is 2.41. The van der Waals surface area contributed by atoms with Crippen molar-refractivity contribution in [3.05, 3.63) is 71.4 Å². The molecule has 2 aliphatic heterocycles. The standard InChI is InChI=1S/C22H20N2O5S2/c25-15-8-6-13(7-9-15)10-17(26)23-18-20(27)24-19(22(28)29)14(12-31-21(18)24)11-30-16-4-2-1-3-5-16/h1-9,18,21,25H,10-12H2,(H,23,26)(H,28,29)/t18-,21?/m1/s1. The molecular formula is C22H20N2O5S2. The lowest BCUT2D eigenvalue weighted by Gasteiger charge is -2.49. The molecule has 3 N–H and O–H groups in total. The first-order valence-electron chi connectivity index (χ1n) is 9.59. The van der Waals surface area contributed by atoms with Crippen molar-refractivity contribution in [1.82, 2.24) is 10.2 Å². The lowest BCUT2D eigenvalue weighted by molar-refractivity contribution is -0.150. The van der Waals surface area contributed by atoms with Crippen LogP contribution >= 0.6 is 23.5 Å². The van der Waals surface area contributed by atoms with E-state index in [4.69, 9.17) is 0 Å². The number of nitrogens with one attached hydrogen (secondary N) is 1. The van der Waals surface area contributed by atoms with E-state index < -0.39 is 23.3 Å². The zero-order valence-corrected chi connectivity index (χ0v) is 18.0. The molecule has 0 aromatic heterocycles. The molecule has 0 saturated carbocycles. The predicted octanol–water partition coefficient (Wildman–Crippen LogP) is 2.47. The van der Waals surface area contributed by atoms with Crippen LogP contribution in [-0.2, 0) is 20.8 Å². The highest BCUT2D eigenvalue weighted by Gasteiger charge is 2.54. The number of aliphatic carboxylic acids is 1. The third kappa shape index (κ3) is 4.57. The number of fused-ring (bicyclic) bond motifs is 1. The van der Waals surface area contributed by atoms with Crippen LogP contribution in [0, 0.1) is 0 Å². The number of nitrogens with zero attached hydrogens (tertiary/aromatic N) is 1. The molecule has 2 heterocycles. The van der Waals surface area contributed by atoms with Gasteiger partial charge in [0.05, 0.1) is 6.42 Å². The lowest BCUT2D eigenvalue weighted by Crippen LogP contribution is -2.70. The van der Waals surface area contributed by atoms with Crippen molar-refractivity contribution in [3.63, 3.8) is 0 Å². The van der Waals surface area contributed by atoms with Crippen LogP contribution in [0.5, 0.6) is 5.75 Å². The summed E-state index contributed by atoms with van der Waals surface area (Å²) in [4.78, 5) is 39.4. The molecule has 1 unspecified atom stereocenters. The number of hydrogen-bond acceptors (Lipinski definition) is 6. The van der Waals surface area contributed by atoms with Crippen LogP contribution in [0.15, 0.2) is 70.8 Å². The fraction of sp³-hybridized carbons (Fsp3) is 0.227. The fourth-order valence-corrected chi connectivity index (χ4v) is 5.91.